The lowest BCUT2D eigenvalue weighted by molar-refractivity contribution is 0.00706. The molecule has 4 aromatic rings. The van der Waals surface area contributed by atoms with Crippen molar-refractivity contribution in [2.75, 3.05) is 19.8 Å². The molecule has 0 radical (unpaired) electrons. The van der Waals surface area contributed by atoms with Crippen LogP contribution in [0.1, 0.15) is 18.4 Å². The standard InChI is InChI=1S/C29H33ClN4O11P2/c30-20-12-21-27(34-28(32-21)45-23-15-44-25-22(35)14-43-26(23)25)33-24(20)19-8-6-18(7-9-19)17-4-2-16(3-5-17)13-31-11-1-10-29(36,46(37,38)39)47(40,41)42/h2-9,12,22-23,25-26,31,35-36H,1,10-11,13-15H2,(H,32,33,34)(H2,37,38,39)(H2,40,41,42)/t22-,23-,25-,26-/m1/s1. The van der Waals surface area contributed by atoms with Crippen molar-refractivity contribution in [2.45, 2.75) is 48.9 Å². The van der Waals surface area contributed by atoms with Crippen LogP contribution in [0, 0.1) is 0 Å². The molecule has 4 heterocycles. The van der Waals surface area contributed by atoms with Crippen molar-refractivity contribution in [1.82, 2.24) is 20.3 Å². The Bertz CT molecular complexity index is 1810. The highest BCUT2D eigenvalue weighted by atomic mass is 35.5. The molecule has 2 aliphatic rings. The van der Waals surface area contributed by atoms with Gasteiger partial charge in [0.15, 0.2) is 11.8 Å². The summed E-state index contributed by atoms with van der Waals surface area (Å²) >= 11 is 6.60. The van der Waals surface area contributed by atoms with Gasteiger partial charge in [0.1, 0.15) is 18.3 Å². The zero-order valence-corrected chi connectivity index (χ0v) is 27.2. The van der Waals surface area contributed by atoms with Gasteiger partial charge in [-0.05, 0) is 35.7 Å². The van der Waals surface area contributed by atoms with E-state index in [1.807, 2.05) is 48.5 Å². The van der Waals surface area contributed by atoms with Crippen LogP contribution in [0.2, 0.25) is 5.02 Å². The van der Waals surface area contributed by atoms with Gasteiger partial charge < -0.3 is 54.3 Å². The molecule has 0 aliphatic carbocycles. The van der Waals surface area contributed by atoms with Gasteiger partial charge >= 0.3 is 15.2 Å². The van der Waals surface area contributed by atoms with E-state index in [2.05, 4.69) is 20.3 Å². The quantitative estimate of drug-likeness (QED) is 0.0780. The molecular formula is C29H33ClN4O11P2. The lowest BCUT2D eigenvalue weighted by Gasteiger charge is -2.29. The van der Waals surface area contributed by atoms with Crippen LogP contribution < -0.4 is 10.1 Å². The Hall–Kier alpha value is -2.75. The minimum absolute atomic E-state index is 0.0735. The van der Waals surface area contributed by atoms with Crippen LogP contribution in [0.5, 0.6) is 6.01 Å². The van der Waals surface area contributed by atoms with E-state index in [1.165, 1.54) is 0 Å². The second kappa shape index (κ2) is 13.3. The number of H-pyrrole nitrogens is 1. The number of aliphatic hydroxyl groups is 2. The average Bonchev–Trinajstić information content (AvgIpc) is 3.72. The van der Waals surface area contributed by atoms with Crippen LogP contribution in [-0.4, -0.2) is 94.0 Å². The van der Waals surface area contributed by atoms with E-state index >= 15 is 0 Å². The topological polar surface area (TPSA) is 237 Å². The molecule has 252 valence electrons. The number of imidazole rings is 1. The number of fused-ring (bicyclic) bond motifs is 2. The minimum atomic E-state index is -5.46. The maximum atomic E-state index is 11.5. The van der Waals surface area contributed by atoms with E-state index < -0.39 is 45.0 Å². The normalized spacial score (nSPS) is 21.8. The molecule has 2 saturated heterocycles. The Morgan fingerprint density at radius 2 is 1.55 bits per heavy atom. The predicted molar refractivity (Wildman–Crippen MR) is 170 cm³/mol. The Labute approximate surface area is 273 Å². The van der Waals surface area contributed by atoms with Crippen LogP contribution in [-0.2, 0) is 25.1 Å². The number of hydrogen-bond acceptors (Lipinski definition) is 10. The summed E-state index contributed by atoms with van der Waals surface area (Å²) in [5.74, 6) is 0. The summed E-state index contributed by atoms with van der Waals surface area (Å²) in [5.41, 5.74) is 5.18. The van der Waals surface area contributed by atoms with E-state index in [-0.39, 0.29) is 38.3 Å². The van der Waals surface area contributed by atoms with Gasteiger partial charge in [-0.2, -0.15) is 4.98 Å². The average molecular weight is 711 g/mol. The zero-order chi connectivity index (χ0) is 33.6. The van der Waals surface area contributed by atoms with Crippen molar-refractivity contribution in [2.24, 2.45) is 0 Å². The number of aromatic nitrogens is 3. The first kappa shape index (κ1) is 34.1. The zero-order valence-electron chi connectivity index (χ0n) is 24.6. The Morgan fingerprint density at radius 3 is 2.21 bits per heavy atom. The van der Waals surface area contributed by atoms with E-state index in [0.717, 1.165) is 22.3 Å². The molecule has 4 atom stereocenters. The monoisotopic (exact) mass is 710 g/mol. The molecule has 2 aliphatic heterocycles. The molecule has 0 unspecified atom stereocenters. The largest absolute Gasteiger partial charge is 0.456 e. The summed E-state index contributed by atoms with van der Waals surface area (Å²) in [6.45, 7) is 1.03. The van der Waals surface area contributed by atoms with Crippen molar-refractivity contribution in [1.29, 1.82) is 0 Å². The van der Waals surface area contributed by atoms with Gasteiger partial charge in [-0.25, -0.2) is 4.98 Å². The molecule has 15 nitrogen and oxygen atoms in total. The van der Waals surface area contributed by atoms with Gasteiger partial charge in [0, 0.05) is 18.5 Å². The molecule has 6 rings (SSSR count). The van der Waals surface area contributed by atoms with Crippen molar-refractivity contribution >= 4 is 38.0 Å². The van der Waals surface area contributed by atoms with E-state index in [0.29, 0.717) is 28.4 Å². The smallest absolute Gasteiger partial charge is 0.369 e. The third-order valence-corrected chi connectivity index (χ3v) is 12.4. The van der Waals surface area contributed by atoms with Crippen LogP contribution >= 0.6 is 26.8 Å². The van der Waals surface area contributed by atoms with Crippen LogP contribution in [0.3, 0.4) is 0 Å². The summed E-state index contributed by atoms with van der Waals surface area (Å²) in [6.07, 6.45) is -2.73. The first-order valence-corrected chi connectivity index (χ1v) is 18.2. The molecule has 0 bridgehead atoms. The van der Waals surface area contributed by atoms with Gasteiger partial charge in [-0.15, -0.1) is 0 Å². The molecule has 0 saturated carbocycles. The third-order valence-electron chi connectivity index (χ3n) is 8.22. The molecule has 2 aromatic heterocycles. The number of nitrogens with one attached hydrogen (secondary N) is 2. The van der Waals surface area contributed by atoms with Crippen LogP contribution in [0.25, 0.3) is 33.5 Å². The van der Waals surface area contributed by atoms with Crippen molar-refractivity contribution in [3.63, 3.8) is 0 Å². The fourth-order valence-electron chi connectivity index (χ4n) is 5.62. The van der Waals surface area contributed by atoms with Crippen molar-refractivity contribution in [3.8, 4) is 28.4 Å². The van der Waals surface area contributed by atoms with Crippen molar-refractivity contribution in [3.05, 3.63) is 65.2 Å². The highest BCUT2D eigenvalue weighted by Crippen LogP contribution is 2.69. The van der Waals surface area contributed by atoms with Gasteiger partial charge in [0.25, 0.3) is 11.1 Å². The molecular weight excluding hydrogens is 678 g/mol. The third kappa shape index (κ3) is 7.04. The number of aliphatic hydroxyl groups excluding tert-OH is 1. The number of hydrogen-bond donors (Lipinski definition) is 8. The van der Waals surface area contributed by atoms with E-state index in [1.54, 1.807) is 6.07 Å². The number of nitrogens with zero attached hydrogens (tertiary/aromatic N) is 2. The number of rotatable bonds is 12. The predicted octanol–water partition coefficient (Wildman–Crippen LogP) is 2.72. The molecule has 47 heavy (non-hydrogen) atoms. The van der Waals surface area contributed by atoms with Crippen LogP contribution in [0.15, 0.2) is 54.6 Å². The highest BCUT2D eigenvalue weighted by molar-refractivity contribution is 7.72. The molecule has 2 aromatic carbocycles. The Kier molecular flexibility index (Phi) is 9.64. The second-order valence-electron chi connectivity index (χ2n) is 11.5. The number of aromatic amines is 1. The van der Waals surface area contributed by atoms with E-state index in [9.17, 15) is 38.9 Å². The van der Waals surface area contributed by atoms with Gasteiger partial charge in [-0.3, -0.25) is 9.13 Å². The van der Waals surface area contributed by atoms with Crippen molar-refractivity contribution < 1.29 is 53.1 Å². The molecule has 8 N–H and O–H groups in total. The molecule has 0 amide bonds. The number of benzene rings is 2. The number of ether oxygens (including phenoxy) is 3. The molecule has 18 heteroatoms. The summed E-state index contributed by atoms with van der Waals surface area (Å²) in [7, 11) is -10.9. The maximum absolute atomic E-state index is 11.5. The molecule has 0 spiro atoms. The fourth-order valence-corrected chi connectivity index (χ4v) is 8.14. The summed E-state index contributed by atoms with van der Waals surface area (Å²) in [4.78, 5) is 49.2. The fraction of sp³-hybridized carbons (Fsp3) is 0.379. The van der Waals surface area contributed by atoms with E-state index in [4.69, 9.17) is 25.8 Å². The molecule has 2 fully saturated rings. The lowest BCUT2D eigenvalue weighted by Crippen LogP contribution is -2.34. The van der Waals surface area contributed by atoms with Gasteiger partial charge in [0.2, 0.25) is 0 Å². The summed E-state index contributed by atoms with van der Waals surface area (Å²) < 4.78 is 40.1. The maximum Gasteiger partial charge on any atom is 0.369 e. The second-order valence-corrected chi connectivity index (χ2v) is 15.9. The Morgan fingerprint density at radius 1 is 0.936 bits per heavy atom. The SMILES string of the molecule is O=P(O)(O)C(O)(CCCNCc1ccc(-c2ccc(-c3nc4nc(O[C@@H]5CO[C@H]6[C@@H]5OC[C@H]6O)[nH]c4cc3Cl)cc2)cc1)P(=O)(O)O. The first-order chi connectivity index (χ1) is 22.2. The van der Waals surface area contributed by atoms with Crippen LogP contribution in [0.4, 0.5) is 0 Å². The summed E-state index contributed by atoms with van der Waals surface area (Å²) in [5, 5.41) is 20.0. The van der Waals surface area contributed by atoms with Gasteiger partial charge in [0.05, 0.1) is 29.4 Å². The minimum Gasteiger partial charge on any atom is -0.456 e. The highest BCUT2D eigenvalue weighted by Gasteiger charge is 2.58. The first-order valence-electron chi connectivity index (χ1n) is 14.6. The number of halogens is 1. The number of pyridine rings is 1. The summed E-state index contributed by atoms with van der Waals surface area (Å²) in [6, 6.07) is 17.4. The van der Waals surface area contributed by atoms with Gasteiger partial charge in [-0.1, -0.05) is 60.1 Å². The Balaban J connectivity index is 1.05. The lowest BCUT2D eigenvalue weighted by atomic mass is 10.0.